The summed E-state index contributed by atoms with van der Waals surface area (Å²) in [6.07, 6.45) is 0. The first kappa shape index (κ1) is 16.7. The van der Waals surface area contributed by atoms with Crippen molar-refractivity contribution >= 4 is 28.5 Å². The number of hydrogen-bond donors (Lipinski definition) is 1. The van der Waals surface area contributed by atoms with Gasteiger partial charge in [-0.05, 0) is 37.6 Å². The molecule has 6 heteroatoms. The Balaban J connectivity index is 1.65. The zero-order valence-corrected chi connectivity index (χ0v) is 13.8. The smallest absolute Gasteiger partial charge is 0.375 e. The third-order valence-corrected chi connectivity index (χ3v) is 3.76. The number of anilines is 1. The number of amides is 1. The first-order valence-corrected chi connectivity index (χ1v) is 7.67. The van der Waals surface area contributed by atoms with Crippen LogP contribution in [0.5, 0.6) is 0 Å². The van der Waals surface area contributed by atoms with Crippen molar-refractivity contribution in [2.45, 2.75) is 13.8 Å². The molecule has 3 rings (SSSR count). The standard InChI is InChI=1S/C19H16FNO4/c1-11-7-8-15(14(20)9-11)21-17(22)10-24-19(23)18-12(2)13-5-3-4-6-16(13)25-18/h3-9H,10H2,1-2H3,(H,21,22). The zero-order chi connectivity index (χ0) is 18.0. The monoisotopic (exact) mass is 341 g/mol. The first-order chi connectivity index (χ1) is 12.0. The van der Waals surface area contributed by atoms with E-state index >= 15 is 0 Å². The molecule has 1 amide bonds. The molecule has 128 valence electrons. The van der Waals surface area contributed by atoms with Gasteiger partial charge in [0.15, 0.2) is 6.61 Å². The lowest BCUT2D eigenvalue weighted by molar-refractivity contribution is -0.119. The Morgan fingerprint density at radius 1 is 1.16 bits per heavy atom. The normalized spacial score (nSPS) is 10.7. The van der Waals surface area contributed by atoms with Crippen LogP contribution in [0.1, 0.15) is 21.7 Å². The van der Waals surface area contributed by atoms with Gasteiger partial charge in [-0.25, -0.2) is 9.18 Å². The number of furan rings is 1. The molecule has 1 heterocycles. The zero-order valence-electron chi connectivity index (χ0n) is 13.8. The van der Waals surface area contributed by atoms with Crippen LogP contribution < -0.4 is 5.32 Å². The minimum Gasteiger partial charge on any atom is -0.450 e. The largest absolute Gasteiger partial charge is 0.450 e. The summed E-state index contributed by atoms with van der Waals surface area (Å²) in [5.74, 6) is -1.87. The fraction of sp³-hybridized carbons (Fsp3) is 0.158. The van der Waals surface area contributed by atoms with Crippen LogP contribution in [0.3, 0.4) is 0 Å². The van der Waals surface area contributed by atoms with Gasteiger partial charge in [0.05, 0.1) is 5.69 Å². The number of ether oxygens (including phenoxy) is 1. The summed E-state index contributed by atoms with van der Waals surface area (Å²) in [5.41, 5.74) is 1.98. The van der Waals surface area contributed by atoms with E-state index in [0.29, 0.717) is 11.1 Å². The summed E-state index contributed by atoms with van der Waals surface area (Å²) in [7, 11) is 0. The Morgan fingerprint density at radius 2 is 1.92 bits per heavy atom. The molecular weight excluding hydrogens is 325 g/mol. The van der Waals surface area contributed by atoms with Gasteiger partial charge in [0.25, 0.3) is 5.91 Å². The molecule has 0 spiro atoms. The Kier molecular flexibility index (Phi) is 4.52. The predicted molar refractivity (Wildman–Crippen MR) is 91.0 cm³/mol. The third-order valence-electron chi connectivity index (χ3n) is 3.76. The average molecular weight is 341 g/mol. The number of benzene rings is 2. The minimum atomic E-state index is -0.742. The summed E-state index contributed by atoms with van der Waals surface area (Å²) in [6, 6.07) is 11.6. The van der Waals surface area contributed by atoms with Crippen LogP contribution in [0.2, 0.25) is 0 Å². The second-order valence-electron chi connectivity index (χ2n) is 5.66. The number of fused-ring (bicyclic) bond motifs is 1. The summed E-state index contributed by atoms with van der Waals surface area (Å²) in [4.78, 5) is 24.0. The van der Waals surface area contributed by atoms with E-state index in [1.165, 1.54) is 12.1 Å². The van der Waals surface area contributed by atoms with Gasteiger partial charge < -0.3 is 14.5 Å². The SMILES string of the molecule is Cc1ccc(NC(=O)COC(=O)c2oc3ccccc3c2C)c(F)c1. The van der Waals surface area contributed by atoms with Crippen LogP contribution in [0, 0.1) is 19.7 Å². The molecule has 5 nitrogen and oxygen atoms in total. The molecule has 0 atom stereocenters. The lowest BCUT2D eigenvalue weighted by Crippen LogP contribution is -2.21. The highest BCUT2D eigenvalue weighted by Gasteiger charge is 2.20. The van der Waals surface area contributed by atoms with Gasteiger partial charge >= 0.3 is 5.97 Å². The van der Waals surface area contributed by atoms with Gasteiger partial charge in [-0.15, -0.1) is 0 Å². The number of para-hydroxylation sites is 1. The van der Waals surface area contributed by atoms with Crippen molar-refractivity contribution in [2.24, 2.45) is 0 Å². The van der Waals surface area contributed by atoms with Crippen molar-refractivity contribution < 1.29 is 23.1 Å². The molecule has 0 unspecified atom stereocenters. The van der Waals surface area contributed by atoms with E-state index in [1.807, 2.05) is 12.1 Å². The number of carbonyl (C=O) groups excluding carboxylic acids is 2. The maximum absolute atomic E-state index is 13.7. The molecular formula is C19H16FNO4. The van der Waals surface area contributed by atoms with Crippen LogP contribution in [-0.4, -0.2) is 18.5 Å². The number of rotatable bonds is 4. The fourth-order valence-electron chi connectivity index (χ4n) is 2.47. The van der Waals surface area contributed by atoms with Crippen molar-refractivity contribution in [3.05, 3.63) is 65.2 Å². The Bertz CT molecular complexity index is 961. The van der Waals surface area contributed by atoms with Crippen molar-refractivity contribution in [2.75, 3.05) is 11.9 Å². The molecule has 25 heavy (non-hydrogen) atoms. The van der Waals surface area contributed by atoms with Crippen LogP contribution in [0.15, 0.2) is 46.9 Å². The molecule has 2 aromatic carbocycles. The number of halogens is 1. The molecule has 0 aliphatic heterocycles. The number of carbonyl (C=O) groups is 2. The molecule has 0 aliphatic carbocycles. The Morgan fingerprint density at radius 3 is 2.64 bits per heavy atom. The van der Waals surface area contributed by atoms with Crippen LogP contribution in [-0.2, 0) is 9.53 Å². The number of aryl methyl sites for hydroxylation is 2. The van der Waals surface area contributed by atoms with E-state index < -0.39 is 24.3 Å². The highest BCUT2D eigenvalue weighted by atomic mass is 19.1. The average Bonchev–Trinajstić information content (AvgIpc) is 2.93. The van der Waals surface area contributed by atoms with Gasteiger partial charge in [0.2, 0.25) is 5.76 Å². The topological polar surface area (TPSA) is 68.5 Å². The van der Waals surface area contributed by atoms with Gasteiger partial charge in [0, 0.05) is 10.9 Å². The first-order valence-electron chi connectivity index (χ1n) is 7.67. The number of nitrogens with one attached hydrogen (secondary N) is 1. The van der Waals surface area contributed by atoms with Gasteiger partial charge in [-0.3, -0.25) is 4.79 Å². The van der Waals surface area contributed by atoms with Gasteiger partial charge in [-0.2, -0.15) is 0 Å². The van der Waals surface area contributed by atoms with E-state index in [4.69, 9.17) is 9.15 Å². The third kappa shape index (κ3) is 3.52. The fourth-order valence-corrected chi connectivity index (χ4v) is 2.47. The van der Waals surface area contributed by atoms with Crippen LogP contribution in [0.25, 0.3) is 11.0 Å². The van der Waals surface area contributed by atoms with Crippen molar-refractivity contribution in [1.29, 1.82) is 0 Å². The van der Waals surface area contributed by atoms with Crippen molar-refractivity contribution in [3.63, 3.8) is 0 Å². The molecule has 0 saturated heterocycles. The van der Waals surface area contributed by atoms with E-state index in [9.17, 15) is 14.0 Å². The summed E-state index contributed by atoms with van der Waals surface area (Å²) < 4.78 is 24.2. The molecule has 1 aromatic heterocycles. The summed E-state index contributed by atoms with van der Waals surface area (Å²) in [6.45, 7) is 2.94. The summed E-state index contributed by atoms with van der Waals surface area (Å²) in [5, 5.41) is 3.17. The van der Waals surface area contributed by atoms with E-state index in [1.54, 1.807) is 32.0 Å². The van der Waals surface area contributed by atoms with E-state index in [-0.39, 0.29) is 11.4 Å². The molecule has 3 aromatic rings. The van der Waals surface area contributed by atoms with Crippen LogP contribution >= 0.6 is 0 Å². The quantitative estimate of drug-likeness (QED) is 0.729. The Hall–Kier alpha value is -3.15. The van der Waals surface area contributed by atoms with Crippen molar-refractivity contribution in [3.8, 4) is 0 Å². The van der Waals surface area contributed by atoms with Crippen LogP contribution in [0.4, 0.5) is 10.1 Å². The summed E-state index contributed by atoms with van der Waals surface area (Å²) >= 11 is 0. The molecule has 0 fully saturated rings. The van der Waals surface area contributed by atoms with Gasteiger partial charge in [0.1, 0.15) is 11.4 Å². The molecule has 1 N–H and O–H groups in total. The molecule has 0 aliphatic rings. The molecule has 0 saturated carbocycles. The maximum atomic E-state index is 13.7. The predicted octanol–water partition coefficient (Wildman–Crippen LogP) is 3.98. The molecule has 0 radical (unpaired) electrons. The lowest BCUT2D eigenvalue weighted by Gasteiger charge is -2.07. The number of hydrogen-bond acceptors (Lipinski definition) is 4. The second-order valence-corrected chi connectivity index (χ2v) is 5.66. The highest BCUT2D eigenvalue weighted by molar-refractivity contribution is 5.98. The molecule has 0 bridgehead atoms. The van der Waals surface area contributed by atoms with E-state index in [0.717, 1.165) is 10.9 Å². The maximum Gasteiger partial charge on any atom is 0.375 e. The van der Waals surface area contributed by atoms with Crippen molar-refractivity contribution in [1.82, 2.24) is 0 Å². The Labute approximate surface area is 143 Å². The van der Waals surface area contributed by atoms with E-state index in [2.05, 4.69) is 5.32 Å². The van der Waals surface area contributed by atoms with Gasteiger partial charge in [-0.1, -0.05) is 24.3 Å². The number of esters is 1. The highest BCUT2D eigenvalue weighted by Crippen LogP contribution is 2.25. The minimum absolute atomic E-state index is 0.0339. The lowest BCUT2D eigenvalue weighted by atomic mass is 10.1. The second kappa shape index (κ2) is 6.76.